The molecule has 4 nitrogen and oxygen atoms in total. The van der Waals surface area contributed by atoms with Crippen LogP contribution in [0.1, 0.15) is 5.56 Å². The molecular weight excluding hydrogens is 292 g/mol. The molecule has 0 saturated carbocycles. The van der Waals surface area contributed by atoms with Gasteiger partial charge in [0.2, 0.25) is 0 Å². The summed E-state index contributed by atoms with van der Waals surface area (Å²) >= 11 is 0. The number of halogens is 4. The molecule has 0 aliphatic carbocycles. The molecule has 0 aromatic heterocycles. The van der Waals surface area contributed by atoms with Gasteiger partial charge in [0.15, 0.2) is 23.3 Å². The first-order valence-corrected chi connectivity index (χ1v) is 5.70. The van der Waals surface area contributed by atoms with Crippen molar-refractivity contribution >= 4 is 11.4 Å². The molecule has 21 heavy (non-hydrogen) atoms. The lowest BCUT2D eigenvalue weighted by molar-refractivity contribution is -0.384. The predicted octanol–water partition coefficient (Wildman–Crippen LogP) is 3.76. The third-order valence-corrected chi connectivity index (χ3v) is 2.73. The van der Waals surface area contributed by atoms with Gasteiger partial charge in [-0.15, -0.1) is 0 Å². The number of nitro groups is 1. The summed E-state index contributed by atoms with van der Waals surface area (Å²) < 4.78 is 52.7. The molecule has 0 heterocycles. The summed E-state index contributed by atoms with van der Waals surface area (Å²) in [6, 6.07) is 5.24. The van der Waals surface area contributed by atoms with Crippen molar-refractivity contribution in [3.63, 3.8) is 0 Å². The van der Waals surface area contributed by atoms with Crippen LogP contribution in [0.15, 0.2) is 30.3 Å². The minimum absolute atomic E-state index is 0.113. The molecule has 0 aliphatic rings. The molecule has 2 aromatic carbocycles. The van der Waals surface area contributed by atoms with Crippen LogP contribution in [0.4, 0.5) is 28.9 Å². The normalized spacial score (nSPS) is 10.5. The summed E-state index contributed by atoms with van der Waals surface area (Å²) in [6.07, 6.45) is 0. The van der Waals surface area contributed by atoms with Crippen molar-refractivity contribution < 1.29 is 22.5 Å². The van der Waals surface area contributed by atoms with Crippen molar-refractivity contribution in [2.75, 3.05) is 5.32 Å². The van der Waals surface area contributed by atoms with Gasteiger partial charge in [0.05, 0.1) is 4.92 Å². The third kappa shape index (κ3) is 3.10. The van der Waals surface area contributed by atoms with Crippen molar-refractivity contribution in [3.05, 3.63) is 69.3 Å². The highest BCUT2D eigenvalue weighted by Crippen LogP contribution is 2.24. The van der Waals surface area contributed by atoms with E-state index in [1.54, 1.807) is 0 Å². The van der Waals surface area contributed by atoms with Crippen molar-refractivity contribution in [1.82, 2.24) is 0 Å². The van der Waals surface area contributed by atoms with Crippen molar-refractivity contribution in [1.29, 1.82) is 0 Å². The van der Waals surface area contributed by atoms with Gasteiger partial charge in [-0.05, 0) is 5.56 Å². The van der Waals surface area contributed by atoms with Crippen LogP contribution in [0, 0.1) is 33.4 Å². The fraction of sp³-hybridized carbons (Fsp3) is 0.0769. The van der Waals surface area contributed by atoms with E-state index >= 15 is 0 Å². The molecule has 0 spiro atoms. The summed E-state index contributed by atoms with van der Waals surface area (Å²) in [5.74, 6) is -6.09. The maximum Gasteiger partial charge on any atom is 0.269 e. The SMILES string of the molecule is O=[N+]([O-])c1ccc(CNc2c(F)c(F)cc(F)c2F)cc1. The molecule has 2 rings (SSSR count). The van der Waals surface area contributed by atoms with E-state index in [-0.39, 0.29) is 18.3 Å². The smallest absolute Gasteiger partial charge is 0.269 e. The first-order chi connectivity index (χ1) is 9.90. The summed E-state index contributed by atoms with van der Waals surface area (Å²) in [5, 5.41) is 12.7. The van der Waals surface area contributed by atoms with Crippen LogP contribution in [-0.2, 0) is 6.54 Å². The minimum atomic E-state index is -1.53. The Morgan fingerprint density at radius 1 is 1.00 bits per heavy atom. The Labute approximate surface area is 116 Å². The fourth-order valence-corrected chi connectivity index (χ4v) is 1.65. The Balaban J connectivity index is 2.18. The quantitative estimate of drug-likeness (QED) is 0.405. The number of anilines is 1. The lowest BCUT2D eigenvalue weighted by Gasteiger charge is -2.10. The van der Waals surface area contributed by atoms with Gasteiger partial charge in [0.1, 0.15) is 5.69 Å². The summed E-state index contributed by atoms with van der Waals surface area (Å²) in [5.41, 5.74) is -0.622. The Hall–Kier alpha value is -2.64. The number of benzene rings is 2. The Kier molecular flexibility index (Phi) is 4.06. The number of nitrogens with one attached hydrogen (secondary N) is 1. The molecular formula is C13H8F4N2O2. The lowest BCUT2D eigenvalue weighted by atomic mass is 10.2. The average Bonchev–Trinajstić information content (AvgIpc) is 2.45. The van der Waals surface area contributed by atoms with Crippen molar-refractivity contribution in [2.45, 2.75) is 6.54 Å². The Bertz CT molecular complexity index is 663. The standard InChI is InChI=1S/C13H8F4N2O2/c14-9-5-10(15)12(17)13(11(9)16)18-6-7-1-3-8(4-2-7)19(20)21/h1-5,18H,6H2. The van der Waals surface area contributed by atoms with E-state index in [0.29, 0.717) is 5.56 Å². The third-order valence-electron chi connectivity index (χ3n) is 2.73. The number of hydrogen-bond acceptors (Lipinski definition) is 3. The van der Waals surface area contributed by atoms with Crippen LogP contribution in [0.5, 0.6) is 0 Å². The second-order valence-electron chi connectivity index (χ2n) is 4.12. The second-order valence-corrected chi connectivity index (χ2v) is 4.12. The van der Waals surface area contributed by atoms with Gasteiger partial charge in [-0.1, -0.05) is 12.1 Å². The zero-order chi connectivity index (χ0) is 15.6. The molecule has 8 heteroatoms. The average molecular weight is 300 g/mol. The fourth-order valence-electron chi connectivity index (χ4n) is 1.65. The van der Waals surface area contributed by atoms with Crippen LogP contribution in [-0.4, -0.2) is 4.92 Å². The van der Waals surface area contributed by atoms with Crippen LogP contribution in [0.2, 0.25) is 0 Å². The van der Waals surface area contributed by atoms with E-state index < -0.39 is 33.9 Å². The monoisotopic (exact) mass is 300 g/mol. The number of nitrogens with zero attached hydrogens (tertiary/aromatic N) is 1. The van der Waals surface area contributed by atoms with Gasteiger partial charge in [0, 0.05) is 24.7 Å². The number of rotatable bonds is 4. The van der Waals surface area contributed by atoms with Crippen molar-refractivity contribution in [2.24, 2.45) is 0 Å². The molecule has 0 radical (unpaired) electrons. The highest BCUT2D eigenvalue weighted by atomic mass is 19.2. The van der Waals surface area contributed by atoms with Gasteiger partial charge in [0.25, 0.3) is 5.69 Å². The van der Waals surface area contributed by atoms with E-state index in [0.717, 1.165) is 0 Å². The van der Waals surface area contributed by atoms with E-state index in [2.05, 4.69) is 5.32 Å². The summed E-state index contributed by atoms with van der Waals surface area (Å²) in [4.78, 5) is 9.86. The van der Waals surface area contributed by atoms with Gasteiger partial charge < -0.3 is 5.32 Å². The van der Waals surface area contributed by atoms with Gasteiger partial charge in [-0.3, -0.25) is 10.1 Å². The van der Waals surface area contributed by atoms with Gasteiger partial charge >= 0.3 is 0 Å². The van der Waals surface area contributed by atoms with Crippen LogP contribution in [0.25, 0.3) is 0 Å². The number of non-ortho nitro benzene ring substituents is 1. The topological polar surface area (TPSA) is 55.2 Å². The second kappa shape index (κ2) is 5.78. The van der Waals surface area contributed by atoms with Gasteiger partial charge in [-0.2, -0.15) is 0 Å². The maximum absolute atomic E-state index is 13.4. The molecule has 0 fully saturated rings. The zero-order valence-corrected chi connectivity index (χ0v) is 10.4. The molecule has 0 unspecified atom stereocenters. The molecule has 0 saturated heterocycles. The van der Waals surface area contributed by atoms with Crippen LogP contribution < -0.4 is 5.32 Å². The molecule has 2 aromatic rings. The lowest BCUT2D eigenvalue weighted by Crippen LogP contribution is -2.07. The first-order valence-electron chi connectivity index (χ1n) is 5.70. The Morgan fingerprint density at radius 3 is 2.00 bits per heavy atom. The molecule has 0 amide bonds. The summed E-state index contributed by atoms with van der Waals surface area (Å²) in [6.45, 7) is -0.158. The number of hydrogen-bond donors (Lipinski definition) is 1. The molecule has 0 atom stereocenters. The van der Waals surface area contributed by atoms with Gasteiger partial charge in [-0.25, -0.2) is 17.6 Å². The zero-order valence-electron chi connectivity index (χ0n) is 10.4. The van der Waals surface area contributed by atoms with E-state index in [1.807, 2.05) is 0 Å². The van der Waals surface area contributed by atoms with E-state index in [1.165, 1.54) is 24.3 Å². The van der Waals surface area contributed by atoms with Crippen molar-refractivity contribution in [3.8, 4) is 0 Å². The number of nitro benzene ring substituents is 1. The molecule has 1 N–H and O–H groups in total. The molecule has 0 aliphatic heterocycles. The highest BCUT2D eigenvalue weighted by molar-refractivity contribution is 5.48. The van der Waals surface area contributed by atoms with Crippen LogP contribution >= 0.6 is 0 Å². The maximum atomic E-state index is 13.4. The highest BCUT2D eigenvalue weighted by Gasteiger charge is 2.18. The van der Waals surface area contributed by atoms with E-state index in [4.69, 9.17) is 0 Å². The molecule has 110 valence electrons. The Morgan fingerprint density at radius 2 is 1.52 bits per heavy atom. The molecule has 0 bridgehead atoms. The van der Waals surface area contributed by atoms with Crippen LogP contribution in [0.3, 0.4) is 0 Å². The summed E-state index contributed by atoms with van der Waals surface area (Å²) in [7, 11) is 0. The largest absolute Gasteiger partial charge is 0.376 e. The predicted molar refractivity (Wildman–Crippen MR) is 66.7 cm³/mol. The minimum Gasteiger partial charge on any atom is -0.376 e. The van der Waals surface area contributed by atoms with E-state index in [9.17, 15) is 27.7 Å². The first kappa shape index (κ1) is 14.8.